The highest BCUT2D eigenvalue weighted by molar-refractivity contribution is 8.14. The summed E-state index contributed by atoms with van der Waals surface area (Å²) in [5.74, 6) is 3.68. The Kier molecular flexibility index (Phi) is 4.05. The number of hydrogen-bond donors (Lipinski definition) is 1. The second-order valence-electron chi connectivity index (χ2n) is 5.29. The van der Waals surface area contributed by atoms with E-state index in [-0.39, 0.29) is 6.04 Å². The number of thioether (sulfide) groups is 1. The van der Waals surface area contributed by atoms with Gasteiger partial charge in [-0.15, -0.1) is 0 Å². The Hall–Kier alpha value is -0.900. The quantitative estimate of drug-likeness (QED) is 0.907. The van der Waals surface area contributed by atoms with Crippen LogP contribution in [-0.4, -0.2) is 17.0 Å². The fraction of sp³-hybridized carbons (Fsp3) is 0.643. The predicted octanol–water partition coefficient (Wildman–Crippen LogP) is 3.67. The van der Waals surface area contributed by atoms with Gasteiger partial charge in [0.15, 0.2) is 5.17 Å². The summed E-state index contributed by atoms with van der Waals surface area (Å²) in [6, 6.07) is 2.81. The fourth-order valence-electron chi connectivity index (χ4n) is 2.15. The lowest BCUT2D eigenvalue weighted by atomic mass is 10.1. The van der Waals surface area contributed by atoms with Crippen LogP contribution in [0.2, 0.25) is 0 Å². The zero-order chi connectivity index (χ0) is 13.3. The molecule has 0 saturated heterocycles. The molecule has 0 saturated carbocycles. The van der Waals surface area contributed by atoms with Crippen molar-refractivity contribution in [1.82, 2.24) is 5.32 Å². The molecule has 0 aromatic carbocycles. The molecule has 0 fully saturated rings. The zero-order valence-electron chi connectivity index (χ0n) is 11.8. The number of furan rings is 1. The van der Waals surface area contributed by atoms with Crippen molar-refractivity contribution in [3.8, 4) is 0 Å². The van der Waals surface area contributed by atoms with Crippen LogP contribution in [0.3, 0.4) is 0 Å². The summed E-state index contributed by atoms with van der Waals surface area (Å²) in [6.45, 7) is 10.6. The monoisotopic (exact) mass is 266 g/mol. The second kappa shape index (κ2) is 5.39. The lowest BCUT2D eigenvalue weighted by Gasteiger charge is -2.13. The number of rotatable bonds is 3. The van der Waals surface area contributed by atoms with E-state index < -0.39 is 0 Å². The highest BCUT2D eigenvalue weighted by Crippen LogP contribution is 2.26. The molecule has 0 spiro atoms. The fourth-order valence-corrected chi connectivity index (χ4v) is 3.41. The summed E-state index contributed by atoms with van der Waals surface area (Å²) in [5.41, 5.74) is 1.23. The van der Waals surface area contributed by atoms with Crippen LogP contribution in [0.5, 0.6) is 0 Å². The molecule has 1 aromatic heterocycles. The average molecular weight is 266 g/mol. The lowest BCUT2D eigenvalue weighted by molar-refractivity contribution is 0.497. The van der Waals surface area contributed by atoms with Gasteiger partial charge < -0.3 is 9.73 Å². The maximum absolute atomic E-state index is 5.57. The first kappa shape index (κ1) is 13.5. The van der Waals surface area contributed by atoms with Gasteiger partial charge in [-0.25, -0.2) is 0 Å². The molecule has 1 aromatic rings. The van der Waals surface area contributed by atoms with Gasteiger partial charge in [0.05, 0.1) is 12.1 Å². The minimum atomic E-state index is 0.250. The van der Waals surface area contributed by atoms with Crippen molar-refractivity contribution >= 4 is 16.9 Å². The van der Waals surface area contributed by atoms with Crippen molar-refractivity contribution in [1.29, 1.82) is 0 Å². The second-order valence-corrected chi connectivity index (χ2v) is 6.30. The molecular weight excluding hydrogens is 244 g/mol. The molecule has 18 heavy (non-hydrogen) atoms. The van der Waals surface area contributed by atoms with Gasteiger partial charge in [-0.2, -0.15) is 0 Å². The van der Waals surface area contributed by atoms with E-state index in [9.17, 15) is 0 Å². The van der Waals surface area contributed by atoms with Gasteiger partial charge in [0, 0.05) is 11.3 Å². The molecular formula is C14H22N2OS. The number of nitrogens with zero attached hydrogens (tertiary/aromatic N) is 1. The summed E-state index contributed by atoms with van der Waals surface area (Å²) in [5, 5.41) is 4.56. The van der Waals surface area contributed by atoms with Crippen molar-refractivity contribution in [3.05, 3.63) is 23.2 Å². The standard InChI is InChI=1S/C14H22N2OS/c1-8(2)13-7-18-14(16-13)15-10(4)12-6-9(3)17-11(12)5/h6,8,10,13H,7H2,1-5H3,(H,15,16)/t10?,13-/m1/s1. The van der Waals surface area contributed by atoms with E-state index in [0.717, 1.165) is 22.4 Å². The Morgan fingerprint density at radius 2 is 2.11 bits per heavy atom. The first-order valence-corrected chi connectivity index (χ1v) is 7.50. The smallest absolute Gasteiger partial charge is 0.157 e. The van der Waals surface area contributed by atoms with Crippen molar-refractivity contribution in [2.24, 2.45) is 10.9 Å². The molecule has 0 aliphatic carbocycles. The van der Waals surface area contributed by atoms with E-state index in [2.05, 4.69) is 32.2 Å². The Balaban J connectivity index is 2.02. The third kappa shape index (κ3) is 2.91. The molecule has 1 aliphatic rings. The zero-order valence-corrected chi connectivity index (χ0v) is 12.6. The van der Waals surface area contributed by atoms with Crippen LogP contribution in [0.25, 0.3) is 0 Å². The summed E-state index contributed by atoms with van der Waals surface area (Å²) in [4.78, 5) is 4.73. The van der Waals surface area contributed by atoms with E-state index in [1.807, 2.05) is 25.6 Å². The molecule has 1 aliphatic heterocycles. The molecule has 0 bridgehead atoms. The first-order valence-electron chi connectivity index (χ1n) is 6.51. The number of hydrogen-bond acceptors (Lipinski definition) is 4. The van der Waals surface area contributed by atoms with Crippen LogP contribution in [0.15, 0.2) is 15.5 Å². The first-order chi connectivity index (χ1) is 8.47. The highest BCUT2D eigenvalue weighted by Gasteiger charge is 2.23. The highest BCUT2D eigenvalue weighted by atomic mass is 32.2. The molecule has 0 radical (unpaired) electrons. The van der Waals surface area contributed by atoms with Gasteiger partial charge in [0.1, 0.15) is 11.5 Å². The van der Waals surface area contributed by atoms with Gasteiger partial charge in [0.2, 0.25) is 0 Å². The largest absolute Gasteiger partial charge is 0.466 e. The van der Waals surface area contributed by atoms with Crippen LogP contribution in [-0.2, 0) is 0 Å². The molecule has 1 N–H and O–H groups in total. The Morgan fingerprint density at radius 1 is 1.39 bits per heavy atom. The van der Waals surface area contributed by atoms with Gasteiger partial charge in [-0.05, 0) is 32.8 Å². The van der Waals surface area contributed by atoms with Gasteiger partial charge >= 0.3 is 0 Å². The molecule has 2 rings (SSSR count). The summed E-state index contributed by atoms with van der Waals surface area (Å²) >= 11 is 1.82. The summed E-state index contributed by atoms with van der Waals surface area (Å²) < 4.78 is 5.57. The van der Waals surface area contributed by atoms with Crippen molar-refractivity contribution < 1.29 is 4.42 Å². The maximum atomic E-state index is 5.57. The van der Waals surface area contributed by atoms with E-state index in [0.29, 0.717) is 12.0 Å². The van der Waals surface area contributed by atoms with Crippen molar-refractivity contribution in [3.63, 3.8) is 0 Å². The van der Waals surface area contributed by atoms with Crippen molar-refractivity contribution in [2.75, 3.05) is 5.75 Å². The van der Waals surface area contributed by atoms with Gasteiger partial charge in [0.25, 0.3) is 0 Å². The topological polar surface area (TPSA) is 37.5 Å². The number of aryl methyl sites for hydroxylation is 2. The molecule has 0 amide bonds. The minimum Gasteiger partial charge on any atom is -0.466 e. The number of aliphatic imine (C=N–C) groups is 1. The predicted molar refractivity (Wildman–Crippen MR) is 78.3 cm³/mol. The Labute approximate surface area is 113 Å². The van der Waals surface area contributed by atoms with Crippen LogP contribution < -0.4 is 5.32 Å². The lowest BCUT2D eigenvalue weighted by Crippen LogP contribution is -2.23. The summed E-state index contributed by atoms with van der Waals surface area (Å²) in [7, 11) is 0. The van der Waals surface area contributed by atoms with Crippen LogP contribution in [0, 0.1) is 19.8 Å². The van der Waals surface area contributed by atoms with E-state index in [4.69, 9.17) is 9.41 Å². The van der Waals surface area contributed by atoms with Gasteiger partial charge in [-0.3, -0.25) is 4.99 Å². The molecule has 3 nitrogen and oxygen atoms in total. The SMILES string of the molecule is Cc1cc(C(C)NC2=N[C@@H](C(C)C)CS2)c(C)o1. The van der Waals surface area contributed by atoms with Crippen LogP contribution in [0.4, 0.5) is 0 Å². The average Bonchev–Trinajstić information content (AvgIpc) is 2.85. The van der Waals surface area contributed by atoms with Gasteiger partial charge in [-0.1, -0.05) is 25.6 Å². The minimum absolute atomic E-state index is 0.250. The third-order valence-electron chi connectivity index (χ3n) is 3.33. The van der Waals surface area contributed by atoms with Crippen LogP contribution in [0.1, 0.15) is 43.9 Å². The molecule has 2 atom stereocenters. The molecule has 4 heteroatoms. The Morgan fingerprint density at radius 3 is 2.61 bits per heavy atom. The molecule has 2 heterocycles. The van der Waals surface area contributed by atoms with E-state index in [1.165, 1.54) is 5.56 Å². The molecule has 100 valence electrons. The maximum Gasteiger partial charge on any atom is 0.157 e. The summed E-state index contributed by atoms with van der Waals surface area (Å²) in [6.07, 6.45) is 0. The number of nitrogens with one attached hydrogen (secondary N) is 1. The molecule has 1 unspecified atom stereocenters. The van der Waals surface area contributed by atoms with Crippen molar-refractivity contribution in [2.45, 2.75) is 46.7 Å². The van der Waals surface area contributed by atoms with Crippen LogP contribution >= 0.6 is 11.8 Å². The third-order valence-corrected chi connectivity index (χ3v) is 4.33. The normalized spacial score (nSPS) is 21.2. The van der Waals surface area contributed by atoms with E-state index in [1.54, 1.807) is 0 Å². The van der Waals surface area contributed by atoms with E-state index >= 15 is 0 Å². The number of amidine groups is 1. The Bertz CT molecular complexity index is 451.